The molecule has 3 nitrogen and oxygen atoms in total. The number of sulfone groups is 1. The van der Waals surface area contributed by atoms with Crippen LogP contribution >= 0.6 is 12.4 Å². The molecule has 1 N–H and O–H groups in total. The molecule has 0 amide bonds. The van der Waals surface area contributed by atoms with Crippen LogP contribution in [0.4, 0.5) is 0 Å². The van der Waals surface area contributed by atoms with Gasteiger partial charge in [0.1, 0.15) is 9.84 Å². The maximum atomic E-state index is 11.3. The van der Waals surface area contributed by atoms with Gasteiger partial charge in [0.2, 0.25) is 0 Å². The summed E-state index contributed by atoms with van der Waals surface area (Å²) in [7, 11) is -2.68. The fraction of sp³-hybridized carbons (Fsp3) is 1.00. The predicted octanol–water partition coefficient (Wildman–Crippen LogP) is 0.987. The quantitative estimate of drug-likeness (QED) is 0.686. The second kappa shape index (κ2) is 4.37. The van der Waals surface area contributed by atoms with Gasteiger partial charge in [-0.3, -0.25) is 0 Å². The van der Waals surface area contributed by atoms with Gasteiger partial charge in [-0.15, -0.1) is 12.4 Å². The Kier molecular flexibility index (Phi) is 3.83. The number of nitrogens with one attached hydrogen (secondary N) is 1. The van der Waals surface area contributed by atoms with Crippen molar-refractivity contribution in [3.8, 4) is 0 Å². The highest BCUT2D eigenvalue weighted by molar-refractivity contribution is 7.91. The molecule has 84 valence electrons. The molecule has 0 bridgehead atoms. The third-order valence-electron chi connectivity index (χ3n) is 3.55. The summed E-state index contributed by atoms with van der Waals surface area (Å²) >= 11 is 0. The standard InChI is InChI=1S/C9H17NO2S.ClH/c11-13(12)7-3-9(4-8-13)1-5-10-6-2-9;/h10H,1-8H2;1H. The van der Waals surface area contributed by atoms with E-state index in [9.17, 15) is 8.42 Å². The van der Waals surface area contributed by atoms with Gasteiger partial charge < -0.3 is 5.32 Å². The highest BCUT2D eigenvalue weighted by Gasteiger charge is 2.37. The van der Waals surface area contributed by atoms with Crippen LogP contribution in [-0.2, 0) is 9.84 Å². The van der Waals surface area contributed by atoms with Gasteiger partial charge in [0.15, 0.2) is 0 Å². The van der Waals surface area contributed by atoms with Gasteiger partial charge >= 0.3 is 0 Å². The maximum Gasteiger partial charge on any atom is 0.150 e. The van der Waals surface area contributed by atoms with E-state index in [2.05, 4.69) is 5.32 Å². The zero-order chi connectivity index (χ0) is 9.36. The topological polar surface area (TPSA) is 46.2 Å². The van der Waals surface area contributed by atoms with E-state index >= 15 is 0 Å². The number of hydrogen-bond donors (Lipinski definition) is 1. The summed E-state index contributed by atoms with van der Waals surface area (Å²) in [5.74, 6) is 0.847. The van der Waals surface area contributed by atoms with Crippen molar-refractivity contribution in [3.05, 3.63) is 0 Å². The molecule has 2 fully saturated rings. The Bertz CT molecular complexity index is 267. The van der Waals surface area contributed by atoms with Crippen molar-refractivity contribution in [3.63, 3.8) is 0 Å². The third-order valence-corrected chi connectivity index (χ3v) is 5.20. The maximum absolute atomic E-state index is 11.3. The Morgan fingerprint density at radius 1 is 0.929 bits per heavy atom. The van der Waals surface area contributed by atoms with Crippen molar-refractivity contribution in [2.45, 2.75) is 25.7 Å². The molecule has 0 aromatic heterocycles. The van der Waals surface area contributed by atoms with Gasteiger partial charge in [0.05, 0.1) is 11.5 Å². The molecule has 2 aliphatic heterocycles. The summed E-state index contributed by atoms with van der Waals surface area (Å²) in [4.78, 5) is 0. The monoisotopic (exact) mass is 239 g/mol. The van der Waals surface area contributed by atoms with E-state index in [1.807, 2.05) is 0 Å². The van der Waals surface area contributed by atoms with E-state index < -0.39 is 9.84 Å². The molecule has 0 saturated carbocycles. The lowest BCUT2D eigenvalue weighted by Gasteiger charge is -2.40. The van der Waals surface area contributed by atoms with Crippen LogP contribution in [0, 0.1) is 5.41 Å². The fourth-order valence-corrected chi connectivity index (χ4v) is 4.12. The van der Waals surface area contributed by atoms with E-state index in [0.717, 1.165) is 25.9 Å². The van der Waals surface area contributed by atoms with Gasteiger partial charge in [-0.05, 0) is 44.2 Å². The van der Waals surface area contributed by atoms with Crippen LogP contribution in [-0.4, -0.2) is 33.0 Å². The summed E-state index contributed by atoms with van der Waals surface area (Å²) < 4.78 is 22.5. The molecule has 0 radical (unpaired) electrons. The highest BCUT2D eigenvalue weighted by Crippen LogP contribution is 2.40. The van der Waals surface area contributed by atoms with Crippen molar-refractivity contribution >= 4 is 22.2 Å². The minimum atomic E-state index is -2.68. The lowest BCUT2D eigenvalue weighted by molar-refractivity contribution is 0.180. The molecule has 14 heavy (non-hydrogen) atoms. The normalized spacial score (nSPS) is 29.4. The van der Waals surface area contributed by atoms with Crippen LogP contribution in [0.3, 0.4) is 0 Å². The summed E-state index contributed by atoms with van der Waals surface area (Å²) in [6, 6.07) is 0. The van der Waals surface area contributed by atoms with Crippen LogP contribution in [0.15, 0.2) is 0 Å². The minimum absolute atomic E-state index is 0. The first-order chi connectivity index (χ1) is 6.12. The number of piperidine rings is 1. The van der Waals surface area contributed by atoms with Crippen LogP contribution in [0.25, 0.3) is 0 Å². The van der Waals surface area contributed by atoms with Gasteiger partial charge in [-0.2, -0.15) is 0 Å². The molecular formula is C9H18ClNO2S. The Hall–Kier alpha value is 0.200. The Morgan fingerprint density at radius 2 is 1.43 bits per heavy atom. The molecule has 0 aliphatic carbocycles. The van der Waals surface area contributed by atoms with Crippen molar-refractivity contribution in [2.24, 2.45) is 5.41 Å². The zero-order valence-electron chi connectivity index (χ0n) is 8.29. The van der Waals surface area contributed by atoms with Crippen molar-refractivity contribution in [1.82, 2.24) is 5.32 Å². The molecule has 0 aromatic carbocycles. The summed E-state index contributed by atoms with van der Waals surface area (Å²) in [5.41, 5.74) is 0.372. The van der Waals surface area contributed by atoms with Crippen LogP contribution < -0.4 is 5.32 Å². The SMILES string of the molecule is Cl.O=S1(=O)CCC2(CCNCC2)CC1. The van der Waals surface area contributed by atoms with Gasteiger partial charge in [0.25, 0.3) is 0 Å². The Balaban J connectivity index is 0.000000980. The second-order valence-electron chi connectivity index (χ2n) is 4.40. The molecular weight excluding hydrogens is 222 g/mol. The number of hydrogen-bond acceptors (Lipinski definition) is 3. The minimum Gasteiger partial charge on any atom is -0.317 e. The molecule has 1 spiro atoms. The molecule has 2 aliphatic rings. The van der Waals surface area contributed by atoms with E-state index in [0.29, 0.717) is 16.9 Å². The first-order valence-corrected chi connectivity index (χ1v) is 6.85. The lowest BCUT2D eigenvalue weighted by Crippen LogP contribution is -2.42. The molecule has 5 heteroatoms. The van der Waals surface area contributed by atoms with Gasteiger partial charge in [-0.1, -0.05) is 0 Å². The first-order valence-electron chi connectivity index (χ1n) is 5.03. The van der Waals surface area contributed by atoms with Crippen molar-refractivity contribution < 1.29 is 8.42 Å². The highest BCUT2D eigenvalue weighted by atomic mass is 35.5. The van der Waals surface area contributed by atoms with Crippen LogP contribution in [0.2, 0.25) is 0 Å². The van der Waals surface area contributed by atoms with E-state index in [1.165, 1.54) is 12.8 Å². The average molecular weight is 240 g/mol. The molecule has 0 aromatic rings. The second-order valence-corrected chi connectivity index (χ2v) is 6.71. The number of halogens is 1. The largest absolute Gasteiger partial charge is 0.317 e. The third kappa shape index (κ3) is 2.61. The van der Waals surface area contributed by atoms with E-state index in [4.69, 9.17) is 0 Å². The summed E-state index contributed by atoms with van der Waals surface area (Å²) in [5, 5.41) is 3.33. The van der Waals surface area contributed by atoms with Crippen molar-refractivity contribution in [1.29, 1.82) is 0 Å². The first kappa shape index (κ1) is 12.3. The summed E-state index contributed by atoms with van der Waals surface area (Å²) in [6.45, 7) is 2.14. The van der Waals surface area contributed by atoms with E-state index in [-0.39, 0.29) is 12.4 Å². The fourth-order valence-electron chi connectivity index (χ4n) is 2.43. The Morgan fingerprint density at radius 3 is 1.93 bits per heavy atom. The summed E-state index contributed by atoms with van der Waals surface area (Å²) in [6.07, 6.45) is 4.14. The lowest BCUT2D eigenvalue weighted by atomic mass is 9.74. The van der Waals surface area contributed by atoms with Crippen LogP contribution in [0.1, 0.15) is 25.7 Å². The molecule has 0 atom stereocenters. The molecule has 2 rings (SSSR count). The number of rotatable bonds is 0. The molecule has 2 saturated heterocycles. The van der Waals surface area contributed by atoms with E-state index in [1.54, 1.807) is 0 Å². The van der Waals surface area contributed by atoms with Gasteiger partial charge in [-0.25, -0.2) is 8.42 Å². The van der Waals surface area contributed by atoms with Gasteiger partial charge in [0, 0.05) is 0 Å². The van der Waals surface area contributed by atoms with Crippen LogP contribution in [0.5, 0.6) is 0 Å². The smallest absolute Gasteiger partial charge is 0.150 e. The zero-order valence-corrected chi connectivity index (χ0v) is 9.92. The molecule has 2 heterocycles. The molecule has 0 unspecified atom stereocenters. The van der Waals surface area contributed by atoms with Crippen molar-refractivity contribution in [2.75, 3.05) is 24.6 Å². The predicted molar refractivity (Wildman–Crippen MR) is 59.7 cm³/mol. The average Bonchev–Trinajstić information content (AvgIpc) is 2.13. The Labute approximate surface area is 92.0 Å².